The maximum atomic E-state index is 5.63. The molecule has 0 saturated heterocycles. The lowest BCUT2D eigenvalue weighted by molar-refractivity contribution is 0.473. The molecular formula is C12H21N3. The lowest BCUT2D eigenvalue weighted by atomic mass is 10.1. The van der Waals surface area contributed by atoms with Crippen molar-refractivity contribution in [2.75, 3.05) is 6.54 Å². The van der Waals surface area contributed by atoms with Crippen LogP contribution in [0.2, 0.25) is 0 Å². The largest absolute Gasteiger partial charge is 0.330 e. The van der Waals surface area contributed by atoms with E-state index in [1.807, 2.05) is 0 Å². The molecule has 0 radical (unpaired) electrons. The number of rotatable bonds is 5. The Bertz CT molecular complexity index is 326. The van der Waals surface area contributed by atoms with Crippen molar-refractivity contribution in [2.45, 2.75) is 51.5 Å². The van der Waals surface area contributed by atoms with E-state index in [1.54, 1.807) is 0 Å². The normalized spacial score (nSPS) is 18.1. The van der Waals surface area contributed by atoms with Crippen LogP contribution >= 0.6 is 0 Å². The first-order valence-corrected chi connectivity index (χ1v) is 6.04. The molecule has 3 heteroatoms. The van der Waals surface area contributed by atoms with Crippen molar-refractivity contribution >= 4 is 0 Å². The second-order valence-electron chi connectivity index (χ2n) is 4.59. The van der Waals surface area contributed by atoms with Gasteiger partial charge in [-0.3, -0.25) is 4.68 Å². The second kappa shape index (κ2) is 4.35. The van der Waals surface area contributed by atoms with Gasteiger partial charge in [-0.25, -0.2) is 0 Å². The van der Waals surface area contributed by atoms with Gasteiger partial charge in [-0.15, -0.1) is 0 Å². The maximum Gasteiger partial charge on any atom is 0.0688 e. The van der Waals surface area contributed by atoms with Crippen LogP contribution in [0.25, 0.3) is 0 Å². The average Bonchev–Trinajstić information content (AvgIpc) is 3.00. The first-order valence-electron chi connectivity index (χ1n) is 6.04. The topological polar surface area (TPSA) is 43.8 Å². The first kappa shape index (κ1) is 10.7. The lowest BCUT2D eigenvalue weighted by Gasteiger charge is -2.07. The molecule has 1 aliphatic rings. The summed E-state index contributed by atoms with van der Waals surface area (Å²) in [6.45, 7) is 5.15. The van der Waals surface area contributed by atoms with Gasteiger partial charge in [0, 0.05) is 18.2 Å². The monoisotopic (exact) mass is 207 g/mol. The van der Waals surface area contributed by atoms with Crippen molar-refractivity contribution < 1.29 is 0 Å². The molecule has 0 spiro atoms. The van der Waals surface area contributed by atoms with Crippen LogP contribution in [0, 0.1) is 0 Å². The van der Waals surface area contributed by atoms with E-state index in [0.29, 0.717) is 6.04 Å². The Hall–Kier alpha value is -0.830. The molecule has 1 unspecified atom stereocenters. The fraction of sp³-hybridized carbons (Fsp3) is 0.750. The molecule has 2 N–H and O–H groups in total. The standard InChI is InChI=1S/C12H21N3/c1-3-9(2)15-8-11(6-7-13)12(14-15)10-4-5-10/h8-10H,3-7,13H2,1-2H3. The predicted molar refractivity (Wildman–Crippen MR) is 62.0 cm³/mol. The van der Waals surface area contributed by atoms with Crippen LogP contribution in [-0.2, 0) is 6.42 Å². The third-order valence-electron chi connectivity index (χ3n) is 3.26. The van der Waals surface area contributed by atoms with E-state index in [0.717, 1.165) is 25.3 Å². The zero-order valence-corrected chi connectivity index (χ0v) is 9.74. The van der Waals surface area contributed by atoms with E-state index in [4.69, 9.17) is 10.8 Å². The fourth-order valence-electron chi connectivity index (χ4n) is 1.90. The zero-order chi connectivity index (χ0) is 10.8. The highest BCUT2D eigenvalue weighted by atomic mass is 15.3. The van der Waals surface area contributed by atoms with Crippen molar-refractivity contribution in [1.29, 1.82) is 0 Å². The number of aromatic nitrogens is 2. The quantitative estimate of drug-likeness (QED) is 0.804. The van der Waals surface area contributed by atoms with Gasteiger partial charge >= 0.3 is 0 Å². The third-order valence-corrected chi connectivity index (χ3v) is 3.26. The van der Waals surface area contributed by atoms with E-state index in [-0.39, 0.29) is 0 Å². The molecule has 1 saturated carbocycles. The summed E-state index contributed by atoms with van der Waals surface area (Å²) >= 11 is 0. The molecule has 15 heavy (non-hydrogen) atoms. The van der Waals surface area contributed by atoms with E-state index < -0.39 is 0 Å². The summed E-state index contributed by atoms with van der Waals surface area (Å²) in [7, 11) is 0. The molecule has 1 heterocycles. The summed E-state index contributed by atoms with van der Waals surface area (Å²) < 4.78 is 2.12. The molecule has 84 valence electrons. The van der Waals surface area contributed by atoms with Crippen LogP contribution in [0.15, 0.2) is 6.20 Å². The smallest absolute Gasteiger partial charge is 0.0688 e. The third kappa shape index (κ3) is 2.23. The molecule has 1 aromatic rings. The Kier molecular flexibility index (Phi) is 3.10. The summed E-state index contributed by atoms with van der Waals surface area (Å²) in [4.78, 5) is 0. The molecule has 2 rings (SSSR count). The van der Waals surface area contributed by atoms with Crippen LogP contribution in [-0.4, -0.2) is 16.3 Å². The van der Waals surface area contributed by atoms with Gasteiger partial charge in [0.2, 0.25) is 0 Å². The van der Waals surface area contributed by atoms with Crippen LogP contribution in [0.4, 0.5) is 0 Å². The van der Waals surface area contributed by atoms with Crippen molar-refractivity contribution in [3.8, 4) is 0 Å². The van der Waals surface area contributed by atoms with Crippen LogP contribution < -0.4 is 5.73 Å². The van der Waals surface area contributed by atoms with E-state index in [1.165, 1.54) is 24.1 Å². The van der Waals surface area contributed by atoms with Gasteiger partial charge in [-0.1, -0.05) is 6.92 Å². The minimum atomic E-state index is 0.508. The lowest BCUT2D eigenvalue weighted by Crippen LogP contribution is -2.04. The summed E-state index contributed by atoms with van der Waals surface area (Å²) in [5, 5.41) is 4.72. The van der Waals surface area contributed by atoms with Gasteiger partial charge in [-0.2, -0.15) is 5.10 Å². The van der Waals surface area contributed by atoms with Crippen molar-refractivity contribution in [3.63, 3.8) is 0 Å². The molecular weight excluding hydrogens is 186 g/mol. The van der Waals surface area contributed by atoms with Gasteiger partial charge in [0.05, 0.1) is 5.69 Å². The van der Waals surface area contributed by atoms with Crippen LogP contribution in [0.1, 0.15) is 56.3 Å². The van der Waals surface area contributed by atoms with E-state index in [2.05, 4.69) is 24.7 Å². The Balaban J connectivity index is 2.22. The molecule has 0 aromatic carbocycles. The zero-order valence-electron chi connectivity index (χ0n) is 9.74. The first-order chi connectivity index (χ1) is 7.26. The summed E-state index contributed by atoms with van der Waals surface area (Å²) in [6.07, 6.45) is 6.94. The van der Waals surface area contributed by atoms with Crippen molar-refractivity contribution in [2.24, 2.45) is 5.73 Å². The summed E-state index contributed by atoms with van der Waals surface area (Å²) in [6, 6.07) is 0.508. The second-order valence-corrected chi connectivity index (χ2v) is 4.59. The van der Waals surface area contributed by atoms with Crippen LogP contribution in [0.3, 0.4) is 0 Å². The van der Waals surface area contributed by atoms with E-state index in [9.17, 15) is 0 Å². The van der Waals surface area contributed by atoms with Gasteiger partial charge in [-0.05, 0) is 44.7 Å². The van der Waals surface area contributed by atoms with E-state index >= 15 is 0 Å². The summed E-state index contributed by atoms with van der Waals surface area (Å²) in [5.41, 5.74) is 8.33. The number of nitrogens with two attached hydrogens (primary N) is 1. The average molecular weight is 207 g/mol. The molecule has 0 bridgehead atoms. The maximum absolute atomic E-state index is 5.63. The number of nitrogens with zero attached hydrogens (tertiary/aromatic N) is 2. The molecule has 1 atom stereocenters. The molecule has 1 fully saturated rings. The Morgan fingerprint density at radius 1 is 1.60 bits per heavy atom. The van der Waals surface area contributed by atoms with Crippen molar-refractivity contribution in [1.82, 2.24) is 9.78 Å². The fourth-order valence-corrected chi connectivity index (χ4v) is 1.90. The van der Waals surface area contributed by atoms with Gasteiger partial charge < -0.3 is 5.73 Å². The summed E-state index contributed by atoms with van der Waals surface area (Å²) in [5.74, 6) is 0.733. The van der Waals surface area contributed by atoms with Crippen LogP contribution in [0.5, 0.6) is 0 Å². The van der Waals surface area contributed by atoms with Gasteiger partial charge in [0.1, 0.15) is 0 Å². The molecule has 1 aromatic heterocycles. The molecule has 0 amide bonds. The molecule has 0 aliphatic heterocycles. The highest BCUT2D eigenvalue weighted by Crippen LogP contribution is 2.41. The predicted octanol–water partition coefficient (Wildman–Crippen LogP) is 2.23. The Labute approximate surface area is 91.7 Å². The Morgan fingerprint density at radius 2 is 2.33 bits per heavy atom. The molecule has 3 nitrogen and oxygen atoms in total. The van der Waals surface area contributed by atoms with Gasteiger partial charge in [0.25, 0.3) is 0 Å². The highest BCUT2D eigenvalue weighted by molar-refractivity contribution is 5.25. The Morgan fingerprint density at radius 3 is 2.87 bits per heavy atom. The van der Waals surface area contributed by atoms with Gasteiger partial charge in [0.15, 0.2) is 0 Å². The van der Waals surface area contributed by atoms with Crippen molar-refractivity contribution in [3.05, 3.63) is 17.5 Å². The SMILES string of the molecule is CCC(C)n1cc(CCN)c(C2CC2)n1. The number of hydrogen-bond acceptors (Lipinski definition) is 2. The minimum Gasteiger partial charge on any atom is -0.330 e. The number of hydrogen-bond donors (Lipinski definition) is 1. The molecule has 1 aliphatic carbocycles. The minimum absolute atomic E-state index is 0.508. The highest BCUT2D eigenvalue weighted by Gasteiger charge is 2.29.